The van der Waals surface area contributed by atoms with Crippen molar-refractivity contribution in [2.75, 3.05) is 25.9 Å². The van der Waals surface area contributed by atoms with Crippen molar-refractivity contribution in [3.63, 3.8) is 0 Å². The van der Waals surface area contributed by atoms with Crippen LogP contribution in [0.15, 0.2) is 59.5 Å². The van der Waals surface area contributed by atoms with Crippen molar-refractivity contribution < 1.29 is 4.79 Å². The van der Waals surface area contributed by atoms with E-state index in [2.05, 4.69) is 16.7 Å². The highest BCUT2D eigenvalue weighted by Crippen LogP contribution is 2.22. The second kappa shape index (κ2) is 8.89. The Hall–Kier alpha value is -2.02. The summed E-state index contributed by atoms with van der Waals surface area (Å²) >= 11 is 1.70. The molecule has 0 radical (unpaired) electrons. The number of benzene rings is 2. The number of thioether (sulfide) groups is 1. The molecule has 3 heteroatoms. The largest absolute Gasteiger partial charge is 0.294 e. The SMILES string of the molecule is CSc1ccc(C(=O)[C@H]2CCCN(CC#Cc3ccccc3)C2)cc1. The lowest BCUT2D eigenvalue weighted by molar-refractivity contribution is 0.0833. The quantitative estimate of drug-likeness (QED) is 0.465. The van der Waals surface area contributed by atoms with Crippen LogP contribution in [0.3, 0.4) is 0 Å². The van der Waals surface area contributed by atoms with Gasteiger partial charge in [-0.25, -0.2) is 0 Å². The number of hydrogen-bond donors (Lipinski definition) is 0. The summed E-state index contributed by atoms with van der Waals surface area (Å²) in [6.45, 7) is 2.56. The number of likely N-dealkylation sites (tertiary alicyclic amines) is 1. The van der Waals surface area contributed by atoms with Crippen molar-refractivity contribution in [3.05, 3.63) is 65.7 Å². The van der Waals surface area contributed by atoms with E-state index in [1.807, 2.05) is 60.9 Å². The Morgan fingerprint density at radius 3 is 2.64 bits per heavy atom. The summed E-state index contributed by atoms with van der Waals surface area (Å²) in [6.07, 6.45) is 4.09. The summed E-state index contributed by atoms with van der Waals surface area (Å²) in [6, 6.07) is 18.0. The Bertz CT molecular complexity index is 758. The van der Waals surface area contributed by atoms with Crippen molar-refractivity contribution in [2.24, 2.45) is 5.92 Å². The number of carbonyl (C=O) groups is 1. The molecule has 0 bridgehead atoms. The van der Waals surface area contributed by atoms with Crippen LogP contribution < -0.4 is 0 Å². The average molecular weight is 349 g/mol. The molecule has 0 aliphatic carbocycles. The molecule has 0 saturated carbocycles. The molecule has 0 aromatic heterocycles. The van der Waals surface area contributed by atoms with Gasteiger partial charge in [0.25, 0.3) is 0 Å². The van der Waals surface area contributed by atoms with Gasteiger partial charge < -0.3 is 0 Å². The van der Waals surface area contributed by atoms with Gasteiger partial charge in [0, 0.05) is 28.5 Å². The monoisotopic (exact) mass is 349 g/mol. The van der Waals surface area contributed by atoms with Crippen LogP contribution in [-0.4, -0.2) is 36.6 Å². The number of rotatable bonds is 4. The van der Waals surface area contributed by atoms with Crippen LogP contribution in [0.25, 0.3) is 0 Å². The molecule has 1 atom stereocenters. The number of Topliss-reactive ketones (excluding diaryl/α,β-unsaturated/α-hetero) is 1. The van der Waals surface area contributed by atoms with Crippen molar-refractivity contribution in [2.45, 2.75) is 17.7 Å². The van der Waals surface area contributed by atoms with Crippen LogP contribution in [0, 0.1) is 17.8 Å². The molecule has 3 rings (SSSR count). The molecule has 25 heavy (non-hydrogen) atoms. The maximum absolute atomic E-state index is 12.8. The zero-order chi connectivity index (χ0) is 17.5. The van der Waals surface area contributed by atoms with Gasteiger partial charge in [0.2, 0.25) is 0 Å². The van der Waals surface area contributed by atoms with E-state index < -0.39 is 0 Å². The van der Waals surface area contributed by atoms with Gasteiger partial charge in [-0.2, -0.15) is 0 Å². The molecule has 0 spiro atoms. The van der Waals surface area contributed by atoms with Crippen LogP contribution in [-0.2, 0) is 0 Å². The molecule has 1 fully saturated rings. The van der Waals surface area contributed by atoms with Crippen LogP contribution in [0.1, 0.15) is 28.8 Å². The Balaban J connectivity index is 1.58. The first-order chi connectivity index (χ1) is 12.3. The lowest BCUT2D eigenvalue weighted by Gasteiger charge is -2.30. The first kappa shape index (κ1) is 17.8. The van der Waals surface area contributed by atoms with E-state index in [0.29, 0.717) is 0 Å². The van der Waals surface area contributed by atoms with Crippen molar-refractivity contribution in [1.82, 2.24) is 4.90 Å². The predicted octanol–water partition coefficient (Wildman–Crippen LogP) is 4.35. The summed E-state index contributed by atoms with van der Waals surface area (Å²) < 4.78 is 0. The van der Waals surface area contributed by atoms with Gasteiger partial charge in [-0.05, 0) is 49.9 Å². The molecule has 2 aromatic rings. The molecule has 1 aliphatic heterocycles. The van der Waals surface area contributed by atoms with E-state index in [1.165, 1.54) is 4.90 Å². The van der Waals surface area contributed by atoms with Gasteiger partial charge in [-0.3, -0.25) is 9.69 Å². The first-order valence-corrected chi connectivity index (χ1v) is 9.93. The molecule has 1 heterocycles. The Labute approximate surface area is 154 Å². The van der Waals surface area contributed by atoms with E-state index in [4.69, 9.17) is 0 Å². The second-order valence-electron chi connectivity index (χ2n) is 6.33. The molecule has 128 valence electrons. The maximum atomic E-state index is 12.8. The van der Waals surface area contributed by atoms with Crippen molar-refractivity contribution >= 4 is 17.5 Å². The Morgan fingerprint density at radius 2 is 1.92 bits per heavy atom. The molecule has 1 saturated heterocycles. The summed E-state index contributed by atoms with van der Waals surface area (Å²) in [7, 11) is 0. The molecular weight excluding hydrogens is 326 g/mol. The summed E-state index contributed by atoms with van der Waals surface area (Å²) in [4.78, 5) is 16.3. The highest BCUT2D eigenvalue weighted by molar-refractivity contribution is 7.98. The number of piperidine rings is 1. The fourth-order valence-corrected chi connectivity index (χ4v) is 3.59. The zero-order valence-corrected chi connectivity index (χ0v) is 15.4. The summed E-state index contributed by atoms with van der Waals surface area (Å²) in [5, 5.41) is 0. The van der Waals surface area contributed by atoms with E-state index >= 15 is 0 Å². The fraction of sp³-hybridized carbons (Fsp3) is 0.318. The van der Waals surface area contributed by atoms with Crippen LogP contribution >= 0.6 is 11.8 Å². The molecule has 0 N–H and O–H groups in total. The average Bonchev–Trinajstić information content (AvgIpc) is 2.68. The smallest absolute Gasteiger partial charge is 0.167 e. The summed E-state index contributed by atoms with van der Waals surface area (Å²) in [5.74, 6) is 6.81. The Kier molecular flexibility index (Phi) is 6.33. The van der Waals surface area contributed by atoms with Gasteiger partial charge in [0.15, 0.2) is 5.78 Å². The molecule has 2 nitrogen and oxygen atoms in total. The number of carbonyl (C=O) groups excluding carboxylic acids is 1. The summed E-state index contributed by atoms with van der Waals surface area (Å²) in [5.41, 5.74) is 1.88. The van der Waals surface area contributed by atoms with Crippen LogP contribution in [0.4, 0.5) is 0 Å². The molecule has 1 aliphatic rings. The van der Waals surface area contributed by atoms with E-state index in [9.17, 15) is 4.79 Å². The van der Waals surface area contributed by atoms with E-state index in [1.54, 1.807) is 11.8 Å². The minimum Gasteiger partial charge on any atom is -0.294 e. The second-order valence-corrected chi connectivity index (χ2v) is 7.21. The topological polar surface area (TPSA) is 20.3 Å². The van der Waals surface area contributed by atoms with Crippen LogP contribution in [0.5, 0.6) is 0 Å². The lowest BCUT2D eigenvalue weighted by atomic mass is 9.90. The third-order valence-corrected chi connectivity index (χ3v) is 5.30. The highest BCUT2D eigenvalue weighted by Gasteiger charge is 2.26. The van der Waals surface area contributed by atoms with Crippen molar-refractivity contribution in [1.29, 1.82) is 0 Å². The van der Waals surface area contributed by atoms with Gasteiger partial charge in [0.1, 0.15) is 0 Å². The third kappa shape index (κ3) is 4.98. The normalized spacial score (nSPS) is 17.6. The Morgan fingerprint density at radius 1 is 1.16 bits per heavy atom. The highest BCUT2D eigenvalue weighted by atomic mass is 32.2. The first-order valence-electron chi connectivity index (χ1n) is 8.71. The molecule has 0 unspecified atom stereocenters. The predicted molar refractivity (Wildman–Crippen MR) is 105 cm³/mol. The molecule has 2 aromatic carbocycles. The lowest BCUT2D eigenvalue weighted by Crippen LogP contribution is -2.38. The molecular formula is C22H23NOS. The fourth-order valence-electron chi connectivity index (χ4n) is 3.18. The van der Waals surface area contributed by atoms with Gasteiger partial charge >= 0.3 is 0 Å². The van der Waals surface area contributed by atoms with Crippen LogP contribution in [0.2, 0.25) is 0 Å². The third-order valence-electron chi connectivity index (χ3n) is 4.56. The number of ketones is 1. The van der Waals surface area contributed by atoms with Crippen molar-refractivity contribution in [3.8, 4) is 11.8 Å². The maximum Gasteiger partial charge on any atom is 0.167 e. The number of hydrogen-bond acceptors (Lipinski definition) is 3. The zero-order valence-electron chi connectivity index (χ0n) is 14.6. The van der Waals surface area contributed by atoms with E-state index in [-0.39, 0.29) is 11.7 Å². The van der Waals surface area contributed by atoms with Gasteiger partial charge in [0.05, 0.1) is 6.54 Å². The minimum atomic E-state index is 0.0902. The van der Waals surface area contributed by atoms with E-state index in [0.717, 1.165) is 43.6 Å². The number of nitrogens with zero attached hydrogens (tertiary/aromatic N) is 1. The van der Waals surface area contributed by atoms with Gasteiger partial charge in [-0.15, -0.1) is 11.8 Å². The molecule has 0 amide bonds. The van der Waals surface area contributed by atoms with Gasteiger partial charge in [-0.1, -0.05) is 42.2 Å². The minimum absolute atomic E-state index is 0.0902. The standard InChI is InChI=1S/C22H23NOS/c1-25-21-13-11-19(12-14-21)22(24)20-10-6-16-23(17-20)15-5-9-18-7-3-2-4-8-18/h2-4,7-8,11-14,20H,6,10,15-17H2,1H3/t20-/m0/s1.